The minimum atomic E-state index is 0.0319. The van der Waals surface area contributed by atoms with Crippen LogP contribution in [-0.4, -0.2) is 23.5 Å². The molecule has 1 aromatic rings. The van der Waals surface area contributed by atoms with Crippen LogP contribution in [-0.2, 0) is 0 Å². The SMILES string of the molecule is CC(C)c1ccc(NC(=O)N2CCCCC2C)cc1. The van der Waals surface area contributed by atoms with Gasteiger partial charge in [-0.2, -0.15) is 0 Å². The monoisotopic (exact) mass is 260 g/mol. The molecule has 2 amide bonds. The smallest absolute Gasteiger partial charge is 0.322 e. The predicted molar refractivity (Wildman–Crippen MR) is 79.6 cm³/mol. The number of hydrogen-bond acceptors (Lipinski definition) is 1. The van der Waals surface area contributed by atoms with E-state index in [-0.39, 0.29) is 6.03 Å². The highest BCUT2D eigenvalue weighted by molar-refractivity contribution is 5.89. The van der Waals surface area contributed by atoms with Crippen molar-refractivity contribution in [3.8, 4) is 0 Å². The molecular formula is C16H24N2O. The Labute approximate surface area is 116 Å². The standard InChI is InChI=1S/C16H24N2O/c1-12(2)14-7-9-15(10-8-14)17-16(19)18-11-5-4-6-13(18)3/h7-10,12-13H,4-6,11H2,1-3H3,(H,17,19). The van der Waals surface area contributed by atoms with E-state index in [2.05, 4.69) is 38.2 Å². The minimum absolute atomic E-state index is 0.0319. The zero-order valence-corrected chi connectivity index (χ0v) is 12.1. The maximum atomic E-state index is 12.2. The average Bonchev–Trinajstić information content (AvgIpc) is 2.39. The minimum Gasteiger partial charge on any atom is -0.322 e. The predicted octanol–water partition coefficient (Wildman–Crippen LogP) is 4.22. The summed E-state index contributed by atoms with van der Waals surface area (Å²) in [5.41, 5.74) is 2.18. The van der Waals surface area contributed by atoms with E-state index in [0.717, 1.165) is 25.1 Å². The Morgan fingerprint density at radius 1 is 1.26 bits per heavy atom. The molecule has 1 heterocycles. The number of nitrogens with one attached hydrogen (secondary N) is 1. The van der Waals surface area contributed by atoms with Crippen molar-refractivity contribution in [1.29, 1.82) is 0 Å². The number of piperidine rings is 1. The summed E-state index contributed by atoms with van der Waals surface area (Å²) >= 11 is 0. The fraction of sp³-hybridized carbons (Fsp3) is 0.562. The molecule has 0 aliphatic carbocycles. The van der Waals surface area contributed by atoms with Gasteiger partial charge in [-0.1, -0.05) is 26.0 Å². The van der Waals surface area contributed by atoms with E-state index in [0.29, 0.717) is 12.0 Å². The number of anilines is 1. The van der Waals surface area contributed by atoms with Crippen LogP contribution in [0.5, 0.6) is 0 Å². The van der Waals surface area contributed by atoms with Crippen LogP contribution >= 0.6 is 0 Å². The van der Waals surface area contributed by atoms with E-state index in [1.807, 2.05) is 17.0 Å². The van der Waals surface area contributed by atoms with Gasteiger partial charge < -0.3 is 10.2 Å². The quantitative estimate of drug-likeness (QED) is 0.848. The Kier molecular flexibility index (Phi) is 4.46. The van der Waals surface area contributed by atoms with E-state index in [1.54, 1.807) is 0 Å². The normalized spacial score (nSPS) is 19.6. The van der Waals surface area contributed by atoms with Crippen molar-refractivity contribution in [2.24, 2.45) is 0 Å². The van der Waals surface area contributed by atoms with E-state index in [9.17, 15) is 4.79 Å². The first kappa shape index (κ1) is 13.9. The summed E-state index contributed by atoms with van der Waals surface area (Å²) in [6, 6.07) is 8.52. The Hall–Kier alpha value is -1.51. The summed E-state index contributed by atoms with van der Waals surface area (Å²) < 4.78 is 0. The molecule has 0 saturated carbocycles. The molecule has 2 rings (SSSR count). The molecule has 0 aromatic heterocycles. The molecule has 1 aliphatic rings. The van der Waals surface area contributed by atoms with Gasteiger partial charge in [0.1, 0.15) is 0 Å². The van der Waals surface area contributed by atoms with Gasteiger partial charge in [-0.25, -0.2) is 4.79 Å². The molecule has 0 radical (unpaired) electrons. The lowest BCUT2D eigenvalue weighted by molar-refractivity contribution is 0.170. The average molecular weight is 260 g/mol. The number of urea groups is 1. The lowest BCUT2D eigenvalue weighted by Crippen LogP contribution is -2.44. The molecule has 3 heteroatoms. The second-order valence-corrected chi connectivity index (χ2v) is 5.75. The van der Waals surface area contributed by atoms with Crippen LogP contribution in [0.4, 0.5) is 10.5 Å². The van der Waals surface area contributed by atoms with Crippen molar-refractivity contribution in [3.05, 3.63) is 29.8 Å². The molecule has 0 bridgehead atoms. The van der Waals surface area contributed by atoms with Crippen molar-refractivity contribution in [3.63, 3.8) is 0 Å². The summed E-state index contributed by atoms with van der Waals surface area (Å²) in [6.45, 7) is 7.34. The van der Waals surface area contributed by atoms with Gasteiger partial charge >= 0.3 is 6.03 Å². The topological polar surface area (TPSA) is 32.3 Å². The van der Waals surface area contributed by atoms with E-state index < -0.39 is 0 Å². The largest absolute Gasteiger partial charge is 0.322 e. The third-order valence-electron chi connectivity index (χ3n) is 3.89. The molecule has 1 N–H and O–H groups in total. The molecular weight excluding hydrogens is 236 g/mol. The van der Waals surface area contributed by atoms with Gasteiger partial charge in [0.2, 0.25) is 0 Å². The number of likely N-dealkylation sites (tertiary alicyclic amines) is 1. The molecule has 1 atom stereocenters. The van der Waals surface area contributed by atoms with Crippen LogP contribution in [0.15, 0.2) is 24.3 Å². The maximum absolute atomic E-state index is 12.2. The number of carbonyl (C=O) groups excluding carboxylic acids is 1. The third-order valence-corrected chi connectivity index (χ3v) is 3.89. The summed E-state index contributed by atoms with van der Waals surface area (Å²) in [5.74, 6) is 0.520. The maximum Gasteiger partial charge on any atom is 0.322 e. The van der Waals surface area contributed by atoms with Crippen LogP contribution in [0, 0.1) is 0 Å². The van der Waals surface area contributed by atoms with Crippen molar-refractivity contribution >= 4 is 11.7 Å². The first-order valence-electron chi connectivity index (χ1n) is 7.25. The molecule has 1 fully saturated rings. The second-order valence-electron chi connectivity index (χ2n) is 5.75. The fourth-order valence-corrected chi connectivity index (χ4v) is 2.55. The summed E-state index contributed by atoms with van der Waals surface area (Å²) in [7, 11) is 0. The van der Waals surface area contributed by atoms with Gasteiger partial charge in [-0.05, 0) is 49.8 Å². The fourth-order valence-electron chi connectivity index (χ4n) is 2.55. The highest BCUT2D eigenvalue weighted by Gasteiger charge is 2.22. The van der Waals surface area contributed by atoms with Crippen molar-refractivity contribution < 1.29 is 4.79 Å². The molecule has 1 unspecified atom stereocenters. The van der Waals surface area contributed by atoms with Crippen molar-refractivity contribution in [1.82, 2.24) is 4.90 Å². The van der Waals surface area contributed by atoms with Gasteiger partial charge in [-0.3, -0.25) is 0 Å². The Bertz CT molecular complexity index is 425. The highest BCUT2D eigenvalue weighted by Crippen LogP contribution is 2.20. The second kappa shape index (κ2) is 6.09. The molecule has 1 saturated heterocycles. The lowest BCUT2D eigenvalue weighted by Gasteiger charge is -2.33. The number of benzene rings is 1. The van der Waals surface area contributed by atoms with Gasteiger partial charge in [0.25, 0.3) is 0 Å². The molecule has 104 valence electrons. The van der Waals surface area contributed by atoms with Crippen molar-refractivity contribution in [2.75, 3.05) is 11.9 Å². The Balaban J connectivity index is 1.98. The van der Waals surface area contributed by atoms with E-state index >= 15 is 0 Å². The van der Waals surface area contributed by atoms with Crippen LogP contribution in [0.1, 0.15) is 51.5 Å². The molecule has 19 heavy (non-hydrogen) atoms. The van der Waals surface area contributed by atoms with Gasteiger partial charge in [0.05, 0.1) is 0 Å². The number of carbonyl (C=O) groups is 1. The summed E-state index contributed by atoms with van der Waals surface area (Å²) in [4.78, 5) is 14.2. The Morgan fingerprint density at radius 2 is 1.95 bits per heavy atom. The summed E-state index contributed by atoms with van der Waals surface area (Å²) in [6.07, 6.45) is 3.46. The van der Waals surface area contributed by atoms with Crippen molar-refractivity contribution in [2.45, 2.75) is 52.0 Å². The molecule has 1 aliphatic heterocycles. The summed E-state index contributed by atoms with van der Waals surface area (Å²) in [5, 5.41) is 3.00. The first-order valence-corrected chi connectivity index (χ1v) is 7.25. The van der Waals surface area contributed by atoms with Gasteiger partial charge in [0, 0.05) is 18.3 Å². The lowest BCUT2D eigenvalue weighted by atomic mass is 10.0. The zero-order chi connectivity index (χ0) is 13.8. The van der Waals surface area contributed by atoms with Gasteiger partial charge in [-0.15, -0.1) is 0 Å². The van der Waals surface area contributed by atoms with Crippen LogP contribution < -0.4 is 5.32 Å². The number of hydrogen-bond donors (Lipinski definition) is 1. The van der Waals surface area contributed by atoms with E-state index in [4.69, 9.17) is 0 Å². The van der Waals surface area contributed by atoms with Crippen LogP contribution in [0.3, 0.4) is 0 Å². The number of amides is 2. The molecule has 3 nitrogen and oxygen atoms in total. The van der Waals surface area contributed by atoms with E-state index in [1.165, 1.54) is 12.0 Å². The Morgan fingerprint density at radius 3 is 2.53 bits per heavy atom. The number of nitrogens with zero attached hydrogens (tertiary/aromatic N) is 1. The first-order chi connectivity index (χ1) is 9.08. The third kappa shape index (κ3) is 3.49. The molecule has 0 spiro atoms. The highest BCUT2D eigenvalue weighted by atomic mass is 16.2. The molecule has 1 aromatic carbocycles. The van der Waals surface area contributed by atoms with Gasteiger partial charge in [0.15, 0.2) is 0 Å². The van der Waals surface area contributed by atoms with Crippen LogP contribution in [0.25, 0.3) is 0 Å². The zero-order valence-electron chi connectivity index (χ0n) is 12.1. The number of rotatable bonds is 2. The van der Waals surface area contributed by atoms with Crippen LogP contribution in [0.2, 0.25) is 0 Å².